The van der Waals surface area contributed by atoms with Crippen LogP contribution in [0, 0.1) is 5.92 Å². The van der Waals surface area contributed by atoms with Gasteiger partial charge < -0.3 is 16.2 Å². The third kappa shape index (κ3) is 4.06. The second-order valence-corrected chi connectivity index (χ2v) is 5.65. The van der Waals surface area contributed by atoms with E-state index in [2.05, 4.69) is 29.1 Å². The summed E-state index contributed by atoms with van der Waals surface area (Å²) >= 11 is 5.95. The minimum absolute atomic E-state index is 0.0444. The van der Waals surface area contributed by atoms with Crippen molar-refractivity contribution in [2.75, 3.05) is 11.9 Å². The molecule has 0 radical (unpaired) electrons. The highest BCUT2D eigenvalue weighted by Crippen LogP contribution is 2.29. The van der Waals surface area contributed by atoms with E-state index < -0.39 is 0 Å². The third-order valence-electron chi connectivity index (χ3n) is 3.23. The first kappa shape index (κ1) is 15.5. The van der Waals surface area contributed by atoms with Gasteiger partial charge in [-0.1, -0.05) is 25.4 Å². The molecule has 0 saturated carbocycles. The maximum absolute atomic E-state index is 9.89. The zero-order valence-corrected chi connectivity index (χ0v) is 12.8. The molecule has 1 aromatic carbocycles. The van der Waals surface area contributed by atoms with Crippen molar-refractivity contribution in [2.45, 2.75) is 19.9 Å². The number of hydrogen-bond acceptors (Lipinski definition) is 5. The van der Waals surface area contributed by atoms with Gasteiger partial charge >= 0.3 is 0 Å². The average Bonchev–Trinajstić information content (AvgIpc) is 2.47. The van der Waals surface area contributed by atoms with E-state index in [0.29, 0.717) is 34.7 Å². The Labute approximate surface area is 129 Å². The average molecular weight is 307 g/mol. The number of nitrogens with one attached hydrogen (secondary N) is 1. The highest BCUT2D eigenvalue weighted by molar-refractivity contribution is 6.30. The molecule has 6 heteroatoms. The van der Waals surface area contributed by atoms with E-state index in [4.69, 9.17) is 17.3 Å². The van der Waals surface area contributed by atoms with Gasteiger partial charge in [-0.2, -0.15) is 0 Å². The van der Waals surface area contributed by atoms with Crippen molar-refractivity contribution in [3.05, 3.63) is 35.5 Å². The fourth-order valence-electron chi connectivity index (χ4n) is 1.73. The number of aromatic hydroxyl groups is 1. The quantitative estimate of drug-likeness (QED) is 0.791. The van der Waals surface area contributed by atoms with Gasteiger partial charge in [0.05, 0.1) is 5.56 Å². The van der Waals surface area contributed by atoms with Gasteiger partial charge in [-0.3, -0.25) is 0 Å². The summed E-state index contributed by atoms with van der Waals surface area (Å²) in [6.45, 7) is 4.76. The number of rotatable bonds is 5. The second kappa shape index (κ2) is 6.74. The summed E-state index contributed by atoms with van der Waals surface area (Å²) in [5.74, 6) is 1.56. The second-order valence-electron chi connectivity index (χ2n) is 5.22. The van der Waals surface area contributed by atoms with Gasteiger partial charge in [0.25, 0.3) is 0 Å². The summed E-state index contributed by atoms with van der Waals surface area (Å²) < 4.78 is 0. The van der Waals surface area contributed by atoms with Crippen LogP contribution in [0.15, 0.2) is 30.5 Å². The van der Waals surface area contributed by atoms with Crippen LogP contribution in [0.3, 0.4) is 0 Å². The number of nitrogens with two attached hydrogens (primary N) is 1. The fraction of sp³-hybridized carbons (Fsp3) is 0.333. The third-order valence-corrected chi connectivity index (χ3v) is 3.47. The van der Waals surface area contributed by atoms with E-state index in [-0.39, 0.29) is 11.8 Å². The van der Waals surface area contributed by atoms with Gasteiger partial charge in [0.1, 0.15) is 11.6 Å². The summed E-state index contributed by atoms with van der Waals surface area (Å²) in [5, 5.41) is 13.6. The number of anilines is 1. The lowest BCUT2D eigenvalue weighted by atomic mass is 10.1. The molecule has 1 heterocycles. The molecule has 2 rings (SSSR count). The molecule has 0 amide bonds. The molecule has 112 valence electrons. The van der Waals surface area contributed by atoms with E-state index >= 15 is 0 Å². The summed E-state index contributed by atoms with van der Waals surface area (Å²) in [7, 11) is 0. The molecule has 21 heavy (non-hydrogen) atoms. The lowest BCUT2D eigenvalue weighted by Gasteiger charge is -2.16. The predicted molar refractivity (Wildman–Crippen MR) is 85.4 cm³/mol. The molecule has 0 aliphatic heterocycles. The van der Waals surface area contributed by atoms with Crippen LogP contribution in [0.5, 0.6) is 5.75 Å². The Bertz CT molecular complexity index is 618. The van der Waals surface area contributed by atoms with Crippen LogP contribution in [0.4, 0.5) is 5.82 Å². The maximum Gasteiger partial charge on any atom is 0.165 e. The molecular weight excluding hydrogens is 288 g/mol. The number of phenols is 1. The number of halogens is 1. The molecule has 1 aromatic heterocycles. The van der Waals surface area contributed by atoms with Gasteiger partial charge in [0.2, 0.25) is 0 Å². The van der Waals surface area contributed by atoms with Gasteiger partial charge in [0.15, 0.2) is 5.82 Å². The SMILES string of the molecule is CC(C)[C@@H](N)CNc1ccnc(-c2cc(Cl)ccc2O)n1. The zero-order chi connectivity index (χ0) is 15.4. The summed E-state index contributed by atoms with van der Waals surface area (Å²) in [4.78, 5) is 8.55. The molecule has 0 fully saturated rings. The largest absolute Gasteiger partial charge is 0.507 e. The number of phenolic OH excluding ortho intramolecular Hbond substituents is 1. The van der Waals surface area contributed by atoms with Gasteiger partial charge in [-0.15, -0.1) is 0 Å². The molecule has 0 bridgehead atoms. The van der Waals surface area contributed by atoms with Gasteiger partial charge in [-0.05, 0) is 30.2 Å². The molecule has 0 aliphatic rings. The summed E-state index contributed by atoms with van der Waals surface area (Å²) in [6.07, 6.45) is 1.63. The monoisotopic (exact) mass is 306 g/mol. The first-order valence-electron chi connectivity index (χ1n) is 6.78. The first-order valence-corrected chi connectivity index (χ1v) is 7.16. The lowest BCUT2D eigenvalue weighted by Crippen LogP contribution is -2.34. The minimum atomic E-state index is 0.0444. The van der Waals surface area contributed by atoms with Crippen LogP contribution in [-0.4, -0.2) is 27.7 Å². The summed E-state index contributed by atoms with van der Waals surface area (Å²) in [6, 6.07) is 6.58. The number of benzene rings is 1. The highest BCUT2D eigenvalue weighted by atomic mass is 35.5. The fourth-order valence-corrected chi connectivity index (χ4v) is 1.90. The molecular formula is C15H19ClN4O. The van der Waals surface area contributed by atoms with Crippen molar-refractivity contribution < 1.29 is 5.11 Å². The van der Waals surface area contributed by atoms with Crippen molar-refractivity contribution in [3.63, 3.8) is 0 Å². The summed E-state index contributed by atoms with van der Waals surface area (Å²) in [5.41, 5.74) is 6.49. The van der Waals surface area contributed by atoms with Crippen LogP contribution >= 0.6 is 11.6 Å². The van der Waals surface area contributed by atoms with Crippen molar-refractivity contribution in [1.29, 1.82) is 0 Å². The van der Waals surface area contributed by atoms with Crippen molar-refractivity contribution in [2.24, 2.45) is 11.7 Å². The predicted octanol–water partition coefficient (Wildman–Crippen LogP) is 2.90. The first-order chi connectivity index (χ1) is 9.97. The normalized spacial score (nSPS) is 12.4. The van der Waals surface area contributed by atoms with Crippen molar-refractivity contribution in [3.8, 4) is 17.1 Å². The topological polar surface area (TPSA) is 84.1 Å². The zero-order valence-electron chi connectivity index (χ0n) is 12.0. The van der Waals surface area contributed by atoms with Crippen LogP contribution in [0.1, 0.15) is 13.8 Å². The molecule has 5 nitrogen and oxygen atoms in total. The van der Waals surface area contributed by atoms with E-state index in [1.165, 1.54) is 6.07 Å². The number of aromatic nitrogens is 2. The Kier molecular flexibility index (Phi) is 4.98. The van der Waals surface area contributed by atoms with Crippen LogP contribution in [0.2, 0.25) is 5.02 Å². The Morgan fingerprint density at radius 3 is 2.81 bits per heavy atom. The Balaban J connectivity index is 2.19. The Morgan fingerprint density at radius 2 is 2.10 bits per heavy atom. The smallest absolute Gasteiger partial charge is 0.165 e. The lowest BCUT2D eigenvalue weighted by molar-refractivity contribution is 0.477. The molecule has 2 aromatic rings. The van der Waals surface area contributed by atoms with E-state index in [0.717, 1.165) is 0 Å². The van der Waals surface area contributed by atoms with E-state index in [9.17, 15) is 5.11 Å². The van der Waals surface area contributed by atoms with Crippen LogP contribution in [0.25, 0.3) is 11.4 Å². The molecule has 0 spiro atoms. The molecule has 4 N–H and O–H groups in total. The molecule has 0 aliphatic carbocycles. The minimum Gasteiger partial charge on any atom is -0.507 e. The number of nitrogens with zero attached hydrogens (tertiary/aromatic N) is 2. The van der Waals surface area contributed by atoms with Gasteiger partial charge in [-0.25, -0.2) is 9.97 Å². The Morgan fingerprint density at radius 1 is 1.33 bits per heavy atom. The number of hydrogen-bond donors (Lipinski definition) is 3. The standard InChI is InChI=1S/C15H19ClN4O/c1-9(2)12(17)8-19-14-5-6-18-15(20-14)11-7-10(16)3-4-13(11)21/h3-7,9,12,21H,8,17H2,1-2H3,(H,18,19,20)/t12-/m0/s1. The Hall–Kier alpha value is -1.85. The molecule has 0 unspecified atom stereocenters. The molecule has 0 saturated heterocycles. The molecule has 1 atom stereocenters. The van der Waals surface area contributed by atoms with Crippen LogP contribution in [-0.2, 0) is 0 Å². The van der Waals surface area contributed by atoms with E-state index in [1.54, 1.807) is 24.4 Å². The van der Waals surface area contributed by atoms with Crippen molar-refractivity contribution in [1.82, 2.24) is 9.97 Å². The van der Waals surface area contributed by atoms with E-state index in [1.807, 2.05) is 0 Å². The van der Waals surface area contributed by atoms with Crippen LogP contribution < -0.4 is 11.1 Å². The van der Waals surface area contributed by atoms with Gasteiger partial charge in [0, 0.05) is 23.8 Å². The van der Waals surface area contributed by atoms with Crippen molar-refractivity contribution >= 4 is 17.4 Å². The highest BCUT2D eigenvalue weighted by Gasteiger charge is 2.10. The maximum atomic E-state index is 9.89.